The zero-order valence-electron chi connectivity index (χ0n) is 10.2. The van der Waals surface area contributed by atoms with Gasteiger partial charge in [-0.25, -0.2) is 0 Å². The Morgan fingerprint density at radius 2 is 2.06 bits per heavy atom. The fraction of sp³-hybridized carbons (Fsp3) is 0.533. The third kappa shape index (κ3) is 2.19. The summed E-state index contributed by atoms with van der Waals surface area (Å²) in [5.74, 6) is 1.21. The van der Waals surface area contributed by atoms with Gasteiger partial charge in [0.2, 0.25) is 0 Å². The van der Waals surface area contributed by atoms with E-state index in [0.29, 0.717) is 37.3 Å². The summed E-state index contributed by atoms with van der Waals surface area (Å²) >= 11 is 6.22. The van der Waals surface area contributed by atoms with Crippen molar-refractivity contribution in [3.63, 3.8) is 0 Å². The number of hydrogen-bond donors (Lipinski definition) is 0. The average molecular weight is 265 g/mol. The highest BCUT2D eigenvalue weighted by Crippen LogP contribution is 2.49. The predicted molar refractivity (Wildman–Crippen MR) is 70.5 cm³/mol. The van der Waals surface area contributed by atoms with Gasteiger partial charge in [-0.15, -0.1) is 11.6 Å². The molecule has 96 valence electrons. The maximum Gasteiger partial charge on any atom is 0.138 e. The first-order valence-corrected chi connectivity index (χ1v) is 6.98. The minimum atomic E-state index is 0.0431. The van der Waals surface area contributed by atoms with Crippen LogP contribution in [0.3, 0.4) is 0 Å². The standard InChI is InChI=1S/C15H17ClO2/c16-13-6-11-7-14(17)15(13)12(11)9-18-8-10-4-2-1-3-5-10/h1-5,11-13,15H,6-9H2. The number of benzene rings is 1. The first kappa shape index (κ1) is 12.2. The highest BCUT2D eigenvalue weighted by molar-refractivity contribution is 6.23. The van der Waals surface area contributed by atoms with Crippen LogP contribution in [0.1, 0.15) is 18.4 Å². The van der Waals surface area contributed by atoms with Crippen molar-refractivity contribution >= 4 is 17.4 Å². The van der Waals surface area contributed by atoms with E-state index in [1.54, 1.807) is 0 Å². The van der Waals surface area contributed by atoms with Gasteiger partial charge in [0.1, 0.15) is 5.78 Å². The van der Waals surface area contributed by atoms with Crippen LogP contribution in [-0.2, 0) is 16.1 Å². The maximum absolute atomic E-state index is 11.7. The Balaban J connectivity index is 1.54. The molecule has 2 nitrogen and oxygen atoms in total. The summed E-state index contributed by atoms with van der Waals surface area (Å²) in [4.78, 5) is 11.7. The molecule has 2 aliphatic carbocycles. The normalized spacial score (nSPS) is 34.2. The summed E-state index contributed by atoms with van der Waals surface area (Å²) in [6.45, 7) is 1.29. The van der Waals surface area contributed by atoms with Crippen molar-refractivity contribution < 1.29 is 9.53 Å². The summed E-state index contributed by atoms with van der Waals surface area (Å²) in [5.41, 5.74) is 1.18. The summed E-state index contributed by atoms with van der Waals surface area (Å²) in [6.07, 6.45) is 1.70. The molecule has 2 fully saturated rings. The molecule has 0 saturated heterocycles. The van der Waals surface area contributed by atoms with E-state index in [9.17, 15) is 4.79 Å². The van der Waals surface area contributed by atoms with Gasteiger partial charge < -0.3 is 4.74 Å². The van der Waals surface area contributed by atoms with Crippen LogP contribution in [0.5, 0.6) is 0 Å². The number of alkyl halides is 1. The summed E-state index contributed by atoms with van der Waals surface area (Å²) in [7, 11) is 0. The van der Waals surface area contributed by atoms with Crippen molar-refractivity contribution in [3.8, 4) is 0 Å². The smallest absolute Gasteiger partial charge is 0.138 e. The van der Waals surface area contributed by atoms with Crippen molar-refractivity contribution in [1.29, 1.82) is 0 Å². The molecule has 2 saturated carbocycles. The van der Waals surface area contributed by atoms with E-state index in [0.717, 1.165) is 6.42 Å². The first-order valence-electron chi connectivity index (χ1n) is 6.54. The molecule has 0 aliphatic heterocycles. The van der Waals surface area contributed by atoms with Gasteiger partial charge in [-0.05, 0) is 23.8 Å². The van der Waals surface area contributed by atoms with Gasteiger partial charge in [-0.1, -0.05) is 30.3 Å². The van der Waals surface area contributed by atoms with Crippen LogP contribution < -0.4 is 0 Å². The number of halogens is 1. The molecule has 18 heavy (non-hydrogen) atoms. The molecule has 2 aliphatic rings. The van der Waals surface area contributed by atoms with Crippen LogP contribution in [0, 0.1) is 17.8 Å². The van der Waals surface area contributed by atoms with Crippen LogP contribution in [0.25, 0.3) is 0 Å². The average Bonchev–Trinajstić information content (AvgIpc) is 2.82. The Bertz CT molecular complexity index is 431. The topological polar surface area (TPSA) is 26.3 Å². The molecule has 0 aromatic heterocycles. The molecule has 3 rings (SSSR count). The van der Waals surface area contributed by atoms with Crippen molar-refractivity contribution in [2.24, 2.45) is 17.8 Å². The summed E-state index contributed by atoms with van der Waals surface area (Å²) in [5, 5.41) is 0.0431. The van der Waals surface area contributed by atoms with Crippen molar-refractivity contribution in [2.45, 2.75) is 24.8 Å². The molecular weight excluding hydrogens is 248 g/mol. The number of rotatable bonds is 4. The Morgan fingerprint density at radius 1 is 1.28 bits per heavy atom. The first-order chi connectivity index (χ1) is 8.75. The fourth-order valence-electron chi connectivity index (χ4n) is 3.37. The number of carbonyl (C=O) groups is 1. The van der Waals surface area contributed by atoms with Crippen LogP contribution in [0.2, 0.25) is 0 Å². The highest BCUT2D eigenvalue weighted by atomic mass is 35.5. The molecule has 0 amide bonds. The molecule has 0 radical (unpaired) electrons. The predicted octanol–water partition coefficient (Wildman–Crippen LogP) is 3.04. The summed E-state index contributed by atoms with van der Waals surface area (Å²) in [6, 6.07) is 10.1. The molecule has 2 bridgehead atoms. The molecule has 4 unspecified atom stereocenters. The Morgan fingerprint density at radius 3 is 2.72 bits per heavy atom. The van der Waals surface area contributed by atoms with Gasteiger partial charge in [0.15, 0.2) is 0 Å². The molecule has 1 aromatic rings. The Hall–Kier alpha value is -0.860. The van der Waals surface area contributed by atoms with Gasteiger partial charge in [-0.3, -0.25) is 4.79 Å². The number of ketones is 1. The third-order valence-electron chi connectivity index (χ3n) is 4.24. The number of ether oxygens (including phenoxy) is 1. The van der Waals surface area contributed by atoms with E-state index >= 15 is 0 Å². The zero-order valence-corrected chi connectivity index (χ0v) is 11.0. The second-order valence-corrected chi connectivity index (χ2v) is 5.93. The van der Waals surface area contributed by atoms with E-state index in [-0.39, 0.29) is 11.3 Å². The van der Waals surface area contributed by atoms with E-state index in [4.69, 9.17) is 16.3 Å². The van der Waals surface area contributed by atoms with Gasteiger partial charge in [0, 0.05) is 17.7 Å². The van der Waals surface area contributed by atoms with Crippen molar-refractivity contribution in [1.82, 2.24) is 0 Å². The Labute approximate surface area is 112 Å². The molecule has 1 aromatic carbocycles. The van der Waals surface area contributed by atoms with Gasteiger partial charge in [-0.2, -0.15) is 0 Å². The number of Topliss-reactive ketones (excluding diaryl/α,β-unsaturated/α-hetero) is 1. The summed E-state index contributed by atoms with van der Waals surface area (Å²) < 4.78 is 5.77. The van der Waals surface area contributed by atoms with E-state index in [1.807, 2.05) is 18.2 Å². The van der Waals surface area contributed by atoms with Crippen LogP contribution in [0.4, 0.5) is 0 Å². The van der Waals surface area contributed by atoms with E-state index < -0.39 is 0 Å². The molecular formula is C15H17ClO2. The van der Waals surface area contributed by atoms with Crippen LogP contribution in [0.15, 0.2) is 30.3 Å². The van der Waals surface area contributed by atoms with E-state index in [1.165, 1.54) is 5.56 Å². The van der Waals surface area contributed by atoms with Crippen LogP contribution in [-0.4, -0.2) is 17.8 Å². The highest BCUT2D eigenvalue weighted by Gasteiger charge is 2.52. The minimum Gasteiger partial charge on any atom is -0.376 e. The van der Waals surface area contributed by atoms with Crippen LogP contribution >= 0.6 is 11.6 Å². The molecule has 3 heteroatoms. The molecule has 0 spiro atoms. The minimum absolute atomic E-state index is 0.0431. The largest absolute Gasteiger partial charge is 0.376 e. The third-order valence-corrected chi connectivity index (χ3v) is 4.69. The number of fused-ring (bicyclic) bond motifs is 2. The SMILES string of the molecule is O=C1CC2CC(Cl)C1C2COCc1ccccc1. The monoisotopic (exact) mass is 264 g/mol. The maximum atomic E-state index is 11.7. The second kappa shape index (κ2) is 5.02. The lowest BCUT2D eigenvalue weighted by Gasteiger charge is -2.15. The van der Waals surface area contributed by atoms with E-state index in [2.05, 4.69) is 12.1 Å². The number of carbonyl (C=O) groups excluding carboxylic acids is 1. The van der Waals surface area contributed by atoms with Gasteiger partial charge in [0.25, 0.3) is 0 Å². The molecule has 4 atom stereocenters. The molecule has 0 heterocycles. The van der Waals surface area contributed by atoms with Gasteiger partial charge >= 0.3 is 0 Å². The van der Waals surface area contributed by atoms with Crippen molar-refractivity contribution in [3.05, 3.63) is 35.9 Å². The number of hydrogen-bond acceptors (Lipinski definition) is 2. The lowest BCUT2D eigenvalue weighted by Crippen LogP contribution is -2.23. The quantitative estimate of drug-likeness (QED) is 0.782. The van der Waals surface area contributed by atoms with Crippen molar-refractivity contribution in [2.75, 3.05) is 6.61 Å². The Kier molecular flexibility index (Phi) is 3.40. The molecule has 0 N–H and O–H groups in total. The zero-order chi connectivity index (χ0) is 12.5. The van der Waals surface area contributed by atoms with Gasteiger partial charge in [0.05, 0.1) is 13.2 Å². The lowest BCUT2D eigenvalue weighted by atomic mass is 9.98. The lowest BCUT2D eigenvalue weighted by molar-refractivity contribution is -0.122. The second-order valence-electron chi connectivity index (χ2n) is 5.37. The fourth-order valence-corrected chi connectivity index (χ4v) is 3.92.